The number of rotatable bonds is 4. The van der Waals surface area contributed by atoms with Crippen molar-refractivity contribution < 1.29 is 13.6 Å². The molecular weight excluding hydrogens is 250 g/mol. The monoisotopic (exact) mass is 268 g/mol. The number of nitrogens with one attached hydrogen (secondary N) is 1. The molecule has 0 radical (unpaired) electrons. The van der Waals surface area contributed by atoms with E-state index >= 15 is 0 Å². The molecular formula is C14H18F2N2O. The quantitative estimate of drug-likeness (QED) is 0.905. The first-order valence-electron chi connectivity index (χ1n) is 6.56. The molecule has 1 saturated heterocycles. The lowest BCUT2D eigenvalue weighted by Crippen LogP contribution is -2.37. The molecule has 1 fully saturated rings. The lowest BCUT2D eigenvalue weighted by Gasteiger charge is -2.24. The van der Waals surface area contributed by atoms with E-state index in [0.29, 0.717) is 13.1 Å². The van der Waals surface area contributed by atoms with Crippen molar-refractivity contribution in [1.82, 2.24) is 10.2 Å². The second kappa shape index (κ2) is 6.10. The number of carbonyl (C=O) groups excluding carboxylic acids is 1. The van der Waals surface area contributed by atoms with Crippen LogP contribution >= 0.6 is 0 Å². The van der Waals surface area contributed by atoms with Gasteiger partial charge in [0.25, 0.3) is 0 Å². The maximum atomic E-state index is 13.6. The van der Waals surface area contributed by atoms with E-state index in [1.54, 1.807) is 0 Å². The molecule has 1 unspecified atom stereocenters. The number of amides is 1. The number of hydrogen-bond acceptors (Lipinski definition) is 2. The Hall–Kier alpha value is -1.49. The first kappa shape index (κ1) is 13.9. The molecule has 0 spiro atoms. The predicted molar refractivity (Wildman–Crippen MR) is 68.4 cm³/mol. The zero-order chi connectivity index (χ0) is 13.8. The highest BCUT2D eigenvalue weighted by molar-refractivity contribution is 5.79. The van der Waals surface area contributed by atoms with Crippen LogP contribution in [0.3, 0.4) is 0 Å². The van der Waals surface area contributed by atoms with Crippen molar-refractivity contribution in [3.63, 3.8) is 0 Å². The van der Waals surface area contributed by atoms with Crippen molar-refractivity contribution in [2.75, 3.05) is 19.6 Å². The van der Waals surface area contributed by atoms with E-state index < -0.39 is 11.6 Å². The summed E-state index contributed by atoms with van der Waals surface area (Å²) in [6.45, 7) is 3.73. The first-order chi connectivity index (χ1) is 9.13. The van der Waals surface area contributed by atoms with Crippen LogP contribution < -0.4 is 5.32 Å². The molecule has 1 heterocycles. The molecule has 1 aliphatic heterocycles. The van der Waals surface area contributed by atoms with Gasteiger partial charge in [-0.3, -0.25) is 4.79 Å². The van der Waals surface area contributed by atoms with E-state index in [0.717, 1.165) is 13.0 Å². The average Bonchev–Trinajstić information content (AvgIpc) is 2.92. The van der Waals surface area contributed by atoms with Gasteiger partial charge in [-0.05, 0) is 32.0 Å². The fourth-order valence-corrected chi connectivity index (χ4v) is 2.34. The Morgan fingerprint density at radius 2 is 2.11 bits per heavy atom. The molecule has 0 bridgehead atoms. The Balaban J connectivity index is 2.12. The molecule has 3 nitrogen and oxygen atoms in total. The zero-order valence-electron chi connectivity index (χ0n) is 11.0. The normalized spacial score (nSPS) is 18.6. The summed E-state index contributed by atoms with van der Waals surface area (Å²) in [7, 11) is 0. The second-order valence-corrected chi connectivity index (χ2v) is 4.74. The molecule has 104 valence electrons. The van der Waals surface area contributed by atoms with Gasteiger partial charge in [-0.25, -0.2) is 8.78 Å². The summed E-state index contributed by atoms with van der Waals surface area (Å²) < 4.78 is 27.2. The highest BCUT2D eigenvalue weighted by Crippen LogP contribution is 2.18. The lowest BCUT2D eigenvalue weighted by molar-refractivity contribution is -0.135. The van der Waals surface area contributed by atoms with Gasteiger partial charge in [-0.15, -0.1) is 0 Å². The van der Waals surface area contributed by atoms with Crippen molar-refractivity contribution in [1.29, 1.82) is 0 Å². The van der Waals surface area contributed by atoms with Crippen LogP contribution in [0.4, 0.5) is 8.78 Å². The number of carbonyl (C=O) groups is 1. The lowest BCUT2D eigenvalue weighted by atomic mass is 10.1. The number of nitrogens with zero attached hydrogens (tertiary/aromatic N) is 1. The van der Waals surface area contributed by atoms with Gasteiger partial charge < -0.3 is 10.2 Å². The minimum atomic E-state index is -0.601. The van der Waals surface area contributed by atoms with Crippen LogP contribution in [0.2, 0.25) is 0 Å². The van der Waals surface area contributed by atoms with Crippen LogP contribution in [0, 0.1) is 17.6 Å². The third-order valence-corrected chi connectivity index (χ3v) is 3.51. The molecule has 19 heavy (non-hydrogen) atoms. The molecule has 2 rings (SSSR count). The number of hydrogen-bond donors (Lipinski definition) is 1. The third-order valence-electron chi connectivity index (χ3n) is 3.51. The van der Waals surface area contributed by atoms with Crippen LogP contribution in [0.25, 0.3) is 0 Å². The molecule has 1 aromatic rings. The smallest absolute Gasteiger partial charge is 0.227 e. The van der Waals surface area contributed by atoms with Crippen molar-refractivity contribution in [3.8, 4) is 0 Å². The van der Waals surface area contributed by atoms with E-state index in [1.807, 2.05) is 6.92 Å². The zero-order valence-corrected chi connectivity index (χ0v) is 11.0. The van der Waals surface area contributed by atoms with Gasteiger partial charge in [0.05, 0.1) is 12.5 Å². The van der Waals surface area contributed by atoms with Gasteiger partial charge in [0, 0.05) is 18.7 Å². The van der Waals surface area contributed by atoms with Crippen LogP contribution in [0.1, 0.15) is 18.9 Å². The van der Waals surface area contributed by atoms with Gasteiger partial charge in [0.1, 0.15) is 11.6 Å². The summed E-state index contributed by atoms with van der Waals surface area (Å²) >= 11 is 0. The minimum Gasteiger partial charge on any atom is -0.338 e. The van der Waals surface area contributed by atoms with Crippen molar-refractivity contribution >= 4 is 5.91 Å². The van der Waals surface area contributed by atoms with E-state index in [2.05, 4.69) is 5.32 Å². The summed E-state index contributed by atoms with van der Waals surface area (Å²) in [6, 6.07) is 3.76. The molecule has 1 atom stereocenters. The fourth-order valence-electron chi connectivity index (χ4n) is 2.34. The highest BCUT2D eigenvalue weighted by Gasteiger charge is 2.27. The molecule has 1 aliphatic rings. The minimum absolute atomic E-state index is 0.00958. The van der Waals surface area contributed by atoms with Gasteiger partial charge in [-0.2, -0.15) is 0 Å². The number of benzene rings is 1. The summed E-state index contributed by atoms with van der Waals surface area (Å²) in [5.74, 6) is -1.31. The maximum absolute atomic E-state index is 13.6. The molecule has 1 aromatic carbocycles. The fraction of sp³-hybridized carbons (Fsp3) is 0.500. The van der Waals surface area contributed by atoms with Crippen LogP contribution in [-0.4, -0.2) is 30.4 Å². The van der Waals surface area contributed by atoms with Gasteiger partial charge in [-0.1, -0.05) is 6.07 Å². The number of halogens is 2. The highest BCUT2D eigenvalue weighted by atomic mass is 19.1. The van der Waals surface area contributed by atoms with E-state index in [9.17, 15) is 13.6 Å². The largest absolute Gasteiger partial charge is 0.338 e. The van der Waals surface area contributed by atoms with Crippen LogP contribution in [-0.2, 0) is 11.3 Å². The maximum Gasteiger partial charge on any atom is 0.227 e. The van der Waals surface area contributed by atoms with Crippen molar-refractivity contribution in [2.24, 2.45) is 5.92 Å². The van der Waals surface area contributed by atoms with Gasteiger partial charge >= 0.3 is 0 Å². The van der Waals surface area contributed by atoms with E-state index in [-0.39, 0.29) is 23.9 Å². The summed E-state index contributed by atoms with van der Waals surface area (Å²) in [5, 5.41) is 3.12. The van der Waals surface area contributed by atoms with Crippen LogP contribution in [0.15, 0.2) is 18.2 Å². The Labute approximate surface area is 111 Å². The van der Waals surface area contributed by atoms with Gasteiger partial charge in [0.15, 0.2) is 0 Å². The molecule has 0 saturated carbocycles. The Morgan fingerprint density at radius 1 is 1.42 bits per heavy atom. The standard InChI is InChI=1S/C14H18F2N2O/c1-2-18(14(19)10-6-7-17-8-10)9-11-12(15)4-3-5-13(11)16/h3-5,10,17H,2,6-9H2,1H3. The van der Waals surface area contributed by atoms with Crippen molar-refractivity contribution in [2.45, 2.75) is 19.9 Å². The van der Waals surface area contributed by atoms with Gasteiger partial charge in [0.2, 0.25) is 5.91 Å². The summed E-state index contributed by atoms with van der Waals surface area (Å²) in [5.41, 5.74) is -0.0383. The first-order valence-corrected chi connectivity index (χ1v) is 6.56. The Morgan fingerprint density at radius 3 is 2.63 bits per heavy atom. The SMILES string of the molecule is CCN(Cc1c(F)cccc1F)C(=O)C1CCNC1. The average molecular weight is 268 g/mol. The van der Waals surface area contributed by atoms with Crippen molar-refractivity contribution in [3.05, 3.63) is 35.4 Å². The Kier molecular flexibility index (Phi) is 4.47. The molecule has 0 aliphatic carbocycles. The summed E-state index contributed by atoms with van der Waals surface area (Å²) in [6.07, 6.45) is 0.787. The molecule has 5 heteroatoms. The topological polar surface area (TPSA) is 32.3 Å². The molecule has 1 amide bonds. The predicted octanol–water partition coefficient (Wildman–Crippen LogP) is 1.92. The second-order valence-electron chi connectivity index (χ2n) is 4.74. The third kappa shape index (κ3) is 3.10. The van der Waals surface area contributed by atoms with E-state index in [4.69, 9.17) is 0 Å². The Bertz CT molecular complexity index is 439. The van der Waals surface area contributed by atoms with Crippen LogP contribution in [0.5, 0.6) is 0 Å². The molecule has 0 aromatic heterocycles. The molecule has 1 N–H and O–H groups in total. The summed E-state index contributed by atoms with van der Waals surface area (Å²) in [4.78, 5) is 13.8. The van der Waals surface area contributed by atoms with E-state index in [1.165, 1.54) is 23.1 Å².